The molecule has 0 spiro atoms. The van der Waals surface area contributed by atoms with Crippen molar-refractivity contribution in [2.45, 2.75) is 18.9 Å². The quantitative estimate of drug-likeness (QED) is 0.817. The molecule has 0 bridgehead atoms. The van der Waals surface area contributed by atoms with Gasteiger partial charge in [-0.15, -0.1) is 6.58 Å². The molecule has 1 aromatic heterocycles. The molecule has 1 aliphatic carbocycles. The molecule has 1 aliphatic rings. The molecule has 0 aliphatic heterocycles. The van der Waals surface area contributed by atoms with E-state index in [0.717, 1.165) is 16.5 Å². The van der Waals surface area contributed by atoms with Gasteiger partial charge < -0.3 is 5.73 Å². The summed E-state index contributed by atoms with van der Waals surface area (Å²) in [4.78, 5) is 12.4. The number of benzene rings is 1. The van der Waals surface area contributed by atoms with Crippen LogP contribution in [0, 0.1) is 12.8 Å². The topological polar surface area (TPSA) is 60.9 Å². The van der Waals surface area contributed by atoms with Crippen LogP contribution in [0.4, 0.5) is 0 Å². The number of rotatable bonds is 2. The average molecular weight is 241 g/mol. The number of aryl methyl sites for hydroxylation is 1. The van der Waals surface area contributed by atoms with Crippen LogP contribution in [0.1, 0.15) is 16.8 Å². The van der Waals surface area contributed by atoms with E-state index < -0.39 is 5.54 Å². The van der Waals surface area contributed by atoms with Crippen LogP contribution in [0.2, 0.25) is 0 Å². The van der Waals surface area contributed by atoms with Crippen molar-refractivity contribution in [1.82, 2.24) is 9.78 Å². The minimum atomic E-state index is -0.815. The fraction of sp³-hybridized carbons (Fsp3) is 0.286. The SMILES string of the molecule is C=CC1CC1(N)C(=O)n1ncc2c(C)cccc21. The maximum atomic E-state index is 12.4. The second-order valence-corrected chi connectivity index (χ2v) is 4.96. The zero-order valence-corrected chi connectivity index (χ0v) is 10.3. The number of aromatic nitrogens is 2. The van der Waals surface area contributed by atoms with Crippen molar-refractivity contribution in [3.63, 3.8) is 0 Å². The highest BCUT2D eigenvalue weighted by molar-refractivity contribution is 5.98. The first-order valence-corrected chi connectivity index (χ1v) is 5.97. The summed E-state index contributed by atoms with van der Waals surface area (Å²) in [5.41, 5.74) is 7.19. The van der Waals surface area contributed by atoms with Crippen LogP contribution in [0.5, 0.6) is 0 Å². The number of carbonyl (C=O) groups excluding carboxylic acids is 1. The molecule has 1 aromatic carbocycles. The van der Waals surface area contributed by atoms with Gasteiger partial charge in [-0.1, -0.05) is 18.2 Å². The zero-order valence-electron chi connectivity index (χ0n) is 10.3. The molecule has 2 N–H and O–H groups in total. The van der Waals surface area contributed by atoms with Gasteiger partial charge >= 0.3 is 0 Å². The van der Waals surface area contributed by atoms with Crippen molar-refractivity contribution < 1.29 is 4.79 Å². The third-order valence-electron chi connectivity index (χ3n) is 3.77. The Hall–Kier alpha value is -1.94. The van der Waals surface area contributed by atoms with Crippen LogP contribution >= 0.6 is 0 Å². The summed E-state index contributed by atoms with van der Waals surface area (Å²) in [5.74, 6) is -0.0814. The molecule has 18 heavy (non-hydrogen) atoms. The van der Waals surface area contributed by atoms with E-state index in [4.69, 9.17) is 5.73 Å². The van der Waals surface area contributed by atoms with Crippen LogP contribution in [0.15, 0.2) is 37.1 Å². The lowest BCUT2D eigenvalue weighted by Crippen LogP contribution is -2.39. The second kappa shape index (κ2) is 3.53. The number of nitrogens with two attached hydrogens (primary N) is 1. The second-order valence-electron chi connectivity index (χ2n) is 4.96. The van der Waals surface area contributed by atoms with Crippen LogP contribution < -0.4 is 5.73 Å². The van der Waals surface area contributed by atoms with Gasteiger partial charge in [-0.05, 0) is 25.0 Å². The van der Waals surface area contributed by atoms with Gasteiger partial charge in [0.1, 0.15) is 5.54 Å². The van der Waals surface area contributed by atoms with E-state index in [1.807, 2.05) is 25.1 Å². The normalized spacial score (nSPS) is 26.2. The molecule has 2 unspecified atom stereocenters. The smallest absolute Gasteiger partial charge is 0.268 e. The summed E-state index contributed by atoms with van der Waals surface area (Å²) in [6.07, 6.45) is 4.12. The van der Waals surface area contributed by atoms with Gasteiger partial charge in [0.25, 0.3) is 5.91 Å². The summed E-state index contributed by atoms with van der Waals surface area (Å²) < 4.78 is 1.42. The van der Waals surface area contributed by atoms with Gasteiger partial charge in [0.15, 0.2) is 0 Å². The molecule has 0 saturated heterocycles. The summed E-state index contributed by atoms with van der Waals surface area (Å²) in [6.45, 7) is 5.70. The fourth-order valence-electron chi connectivity index (χ4n) is 2.40. The molecular formula is C14H15N3O. The van der Waals surface area contributed by atoms with Crippen LogP contribution in [-0.2, 0) is 0 Å². The van der Waals surface area contributed by atoms with Crippen LogP contribution in [-0.4, -0.2) is 21.2 Å². The van der Waals surface area contributed by atoms with E-state index >= 15 is 0 Å². The standard InChI is InChI=1S/C14H15N3O/c1-3-10-7-14(10,15)13(18)17-12-6-4-5-9(2)11(12)8-16-17/h3-6,8,10H,1,7,15H2,2H3. The Balaban J connectivity index is 2.09. The zero-order chi connectivity index (χ0) is 12.9. The largest absolute Gasteiger partial charge is 0.317 e. The molecule has 1 fully saturated rings. The Kier molecular flexibility index (Phi) is 2.19. The molecule has 92 valence electrons. The van der Waals surface area contributed by atoms with E-state index in [2.05, 4.69) is 11.7 Å². The minimum absolute atomic E-state index is 0.0639. The lowest BCUT2D eigenvalue weighted by molar-refractivity contribution is 0.0850. The highest BCUT2D eigenvalue weighted by atomic mass is 16.2. The summed E-state index contributed by atoms with van der Waals surface area (Å²) in [7, 11) is 0. The number of hydrogen-bond acceptors (Lipinski definition) is 3. The van der Waals surface area contributed by atoms with E-state index in [1.165, 1.54) is 4.68 Å². The van der Waals surface area contributed by atoms with Gasteiger partial charge in [-0.3, -0.25) is 4.79 Å². The summed E-state index contributed by atoms with van der Waals surface area (Å²) in [6, 6.07) is 5.81. The Morgan fingerprint density at radius 3 is 3.11 bits per heavy atom. The van der Waals surface area contributed by atoms with Crippen molar-refractivity contribution in [1.29, 1.82) is 0 Å². The predicted molar refractivity (Wildman–Crippen MR) is 70.3 cm³/mol. The number of carbonyl (C=O) groups is 1. The monoisotopic (exact) mass is 241 g/mol. The van der Waals surface area contributed by atoms with E-state index in [1.54, 1.807) is 12.3 Å². The van der Waals surface area contributed by atoms with Gasteiger partial charge in [0.05, 0.1) is 11.7 Å². The first-order chi connectivity index (χ1) is 8.58. The number of fused-ring (bicyclic) bond motifs is 1. The van der Waals surface area contributed by atoms with Crippen molar-refractivity contribution in [2.24, 2.45) is 11.7 Å². The van der Waals surface area contributed by atoms with Gasteiger partial charge in [0.2, 0.25) is 0 Å². The minimum Gasteiger partial charge on any atom is -0.317 e. The highest BCUT2D eigenvalue weighted by Gasteiger charge is 2.56. The number of nitrogens with zero attached hydrogens (tertiary/aromatic N) is 2. The number of hydrogen-bond donors (Lipinski definition) is 1. The third-order valence-corrected chi connectivity index (χ3v) is 3.77. The maximum Gasteiger partial charge on any atom is 0.268 e. The van der Waals surface area contributed by atoms with E-state index in [0.29, 0.717) is 6.42 Å². The first kappa shape index (κ1) is 11.2. The molecule has 0 radical (unpaired) electrons. The molecule has 0 amide bonds. The Morgan fingerprint density at radius 2 is 2.44 bits per heavy atom. The summed E-state index contributed by atoms with van der Waals surface area (Å²) in [5, 5.41) is 5.18. The van der Waals surface area contributed by atoms with Crippen LogP contribution in [0.3, 0.4) is 0 Å². The Morgan fingerprint density at radius 1 is 1.67 bits per heavy atom. The van der Waals surface area contributed by atoms with Crippen molar-refractivity contribution in [3.8, 4) is 0 Å². The molecule has 3 rings (SSSR count). The Labute approximate surface area is 105 Å². The van der Waals surface area contributed by atoms with Crippen molar-refractivity contribution in [3.05, 3.63) is 42.6 Å². The third kappa shape index (κ3) is 1.36. The van der Waals surface area contributed by atoms with Gasteiger partial charge in [-0.2, -0.15) is 9.78 Å². The molecule has 4 nitrogen and oxygen atoms in total. The maximum absolute atomic E-state index is 12.4. The van der Waals surface area contributed by atoms with E-state index in [9.17, 15) is 4.79 Å². The lowest BCUT2D eigenvalue weighted by atomic mass is 10.1. The molecule has 2 aromatic rings. The fourth-order valence-corrected chi connectivity index (χ4v) is 2.40. The highest BCUT2D eigenvalue weighted by Crippen LogP contribution is 2.43. The van der Waals surface area contributed by atoms with Crippen molar-refractivity contribution >= 4 is 16.8 Å². The molecule has 2 atom stereocenters. The lowest BCUT2D eigenvalue weighted by Gasteiger charge is -2.09. The molecule has 1 heterocycles. The van der Waals surface area contributed by atoms with Gasteiger partial charge in [-0.25, -0.2) is 0 Å². The first-order valence-electron chi connectivity index (χ1n) is 5.97. The molecular weight excluding hydrogens is 226 g/mol. The molecule has 4 heteroatoms. The predicted octanol–water partition coefficient (Wildman–Crippen LogP) is 1.89. The van der Waals surface area contributed by atoms with E-state index in [-0.39, 0.29) is 11.8 Å². The average Bonchev–Trinajstić information content (AvgIpc) is 2.85. The van der Waals surface area contributed by atoms with Crippen LogP contribution in [0.25, 0.3) is 10.9 Å². The van der Waals surface area contributed by atoms with Crippen molar-refractivity contribution in [2.75, 3.05) is 0 Å². The Bertz CT molecular complexity index is 658. The van der Waals surface area contributed by atoms with Gasteiger partial charge in [0, 0.05) is 11.3 Å². The molecule has 1 saturated carbocycles. The summed E-state index contributed by atoms with van der Waals surface area (Å²) >= 11 is 0.